The highest BCUT2D eigenvalue weighted by Gasteiger charge is 2.72. The molecule has 4 atom stereocenters. The first kappa shape index (κ1) is 14.2. The highest BCUT2D eigenvalue weighted by molar-refractivity contribution is 5.82. The van der Waals surface area contributed by atoms with E-state index in [1.54, 1.807) is 13.8 Å². The van der Waals surface area contributed by atoms with E-state index in [4.69, 9.17) is 9.47 Å². The van der Waals surface area contributed by atoms with Crippen LogP contribution in [0.1, 0.15) is 26.7 Å². The van der Waals surface area contributed by atoms with E-state index < -0.39 is 41.5 Å². The summed E-state index contributed by atoms with van der Waals surface area (Å²) in [6, 6.07) is 0. The van der Waals surface area contributed by atoms with Gasteiger partial charge in [0.15, 0.2) is 0 Å². The summed E-state index contributed by atoms with van der Waals surface area (Å²) in [7, 11) is 0. The largest absolute Gasteiger partial charge is 0.466 e. The molecule has 0 saturated heterocycles. The van der Waals surface area contributed by atoms with Crippen LogP contribution >= 0.6 is 0 Å². The highest BCUT2D eigenvalue weighted by Crippen LogP contribution is 2.64. The fourth-order valence-electron chi connectivity index (χ4n) is 3.00. The third kappa shape index (κ3) is 2.44. The van der Waals surface area contributed by atoms with Crippen molar-refractivity contribution in [2.45, 2.75) is 32.6 Å². The second-order valence-electron chi connectivity index (χ2n) is 5.08. The number of carbonyl (C=O) groups excluding carboxylic acids is 2. The molecular weight excluding hydrogens is 258 g/mol. The Morgan fingerprint density at radius 1 is 1.00 bits per heavy atom. The van der Waals surface area contributed by atoms with Crippen molar-refractivity contribution >= 4 is 11.9 Å². The molecule has 0 radical (unpaired) electrons. The third-order valence-electron chi connectivity index (χ3n) is 4.05. The summed E-state index contributed by atoms with van der Waals surface area (Å²) in [4.78, 5) is 23.6. The molecule has 2 saturated carbocycles. The SMILES string of the molecule is CCOC(=O)C1CC2C(CC1C(=O)OCC)C2(F)F. The lowest BCUT2D eigenvalue weighted by Gasteiger charge is -2.26. The molecule has 2 aliphatic carbocycles. The minimum absolute atomic E-state index is 0.0139. The molecule has 4 nitrogen and oxygen atoms in total. The van der Waals surface area contributed by atoms with Crippen LogP contribution in [0.15, 0.2) is 0 Å². The Balaban J connectivity index is 2.12. The number of ether oxygens (including phenoxy) is 2. The number of hydrogen-bond acceptors (Lipinski definition) is 4. The number of alkyl halides is 2. The van der Waals surface area contributed by atoms with Crippen LogP contribution in [-0.2, 0) is 19.1 Å². The first-order valence-corrected chi connectivity index (χ1v) is 6.64. The van der Waals surface area contributed by atoms with E-state index in [0.29, 0.717) is 0 Å². The van der Waals surface area contributed by atoms with Gasteiger partial charge in [-0.15, -0.1) is 0 Å². The van der Waals surface area contributed by atoms with Crippen LogP contribution in [-0.4, -0.2) is 31.1 Å². The van der Waals surface area contributed by atoms with Crippen molar-refractivity contribution in [3.05, 3.63) is 0 Å². The van der Waals surface area contributed by atoms with E-state index in [1.165, 1.54) is 0 Å². The second kappa shape index (κ2) is 5.06. The Morgan fingerprint density at radius 3 is 1.68 bits per heavy atom. The summed E-state index contributed by atoms with van der Waals surface area (Å²) in [5.41, 5.74) is 0. The maximum atomic E-state index is 13.4. The summed E-state index contributed by atoms with van der Waals surface area (Å²) in [5, 5.41) is 0. The first-order chi connectivity index (χ1) is 8.93. The molecule has 0 aromatic carbocycles. The van der Waals surface area contributed by atoms with Gasteiger partial charge in [-0.1, -0.05) is 0 Å². The van der Waals surface area contributed by atoms with Gasteiger partial charge in [0, 0.05) is 11.8 Å². The molecule has 0 aromatic rings. The predicted molar refractivity (Wildman–Crippen MR) is 61.4 cm³/mol. The first-order valence-electron chi connectivity index (χ1n) is 6.64. The average molecular weight is 276 g/mol. The molecule has 108 valence electrons. The fraction of sp³-hybridized carbons (Fsp3) is 0.846. The van der Waals surface area contributed by atoms with Gasteiger partial charge in [-0.2, -0.15) is 0 Å². The second-order valence-corrected chi connectivity index (χ2v) is 5.08. The van der Waals surface area contributed by atoms with E-state index in [2.05, 4.69) is 0 Å². The van der Waals surface area contributed by atoms with Crippen molar-refractivity contribution in [3.63, 3.8) is 0 Å². The lowest BCUT2D eigenvalue weighted by molar-refractivity contribution is -0.162. The molecule has 0 aliphatic heterocycles. The normalized spacial score (nSPS) is 35.2. The van der Waals surface area contributed by atoms with Crippen molar-refractivity contribution in [2.24, 2.45) is 23.7 Å². The number of halogens is 2. The third-order valence-corrected chi connectivity index (χ3v) is 4.05. The van der Waals surface area contributed by atoms with E-state index in [1.807, 2.05) is 0 Å². The summed E-state index contributed by atoms with van der Waals surface area (Å²) in [5.74, 6) is -7.04. The van der Waals surface area contributed by atoms with Gasteiger partial charge in [0.25, 0.3) is 5.92 Å². The summed E-state index contributed by atoms with van der Waals surface area (Å²) in [6.07, 6.45) is 0.0277. The summed E-state index contributed by atoms with van der Waals surface area (Å²) >= 11 is 0. The molecule has 0 N–H and O–H groups in total. The lowest BCUT2D eigenvalue weighted by atomic mass is 9.79. The Kier molecular flexibility index (Phi) is 3.78. The molecule has 0 spiro atoms. The van der Waals surface area contributed by atoms with Gasteiger partial charge in [-0.05, 0) is 26.7 Å². The molecular formula is C13H18F2O4. The summed E-state index contributed by atoms with van der Waals surface area (Å²) < 4.78 is 36.7. The molecule has 4 unspecified atom stereocenters. The van der Waals surface area contributed by atoms with Crippen LogP contribution in [0.25, 0.3) is 0 Å². The van der Waals surface area contributed by atoms with Crippen LogP contribution in [0.4, 0.5) is 8.78 Å². The number of hydrogen-bond donors (Lipinski definition) is 0. The maximum Gasteiger partial charge on any atom is 0.309 e. The highest BCUT2D eigenvalue weighted by atomic mass is 19.3. The van der Waals surface area contributed by atoms with E-state index >= 15 is 0 Å². The summed E-state index contributed by atoms with van der Waals surface area (Å²) in [6.45, 7) is 3.65. The predicted octanol–water partition coefficient (Wildman–Crippen LogP) is 2.02. The van der Waals surface area contributed by atoms with E-state index in [9.17, 15) is 18.4 Å². The molecule has 2 rings (SSSR count). The van der Waals surface area contributed by atoms with Gasteiger partial charge >= 0.3 is 11.9 Å². The minimum atomic E-state index is -2.74. The van der Waals surface area contributed by atoms with Gasteiger partial charge in [0.2, 0.25) is 0 Å². The average Bonchev–Trinajstić information content (AvgIpc) is 2.90. The zero-order valence-electron chi connectivity index (χ0n) is 11.0. The maximum absolute atomic E-state index is 13.4. The standard InChI is InChI=1S/C13H18F2O4/c1-3-18-11(16)7-5-9-10(13(9,14)15)6-8(7)12(17)19-4-2/h7-10H,3-6H2,1-2H3. The van der Waals surface area contributed by atoms with Gasteiger partial charge in [-0.3, -0.25) is 9.59 Å². The number of esters is 2. The monoisotopic (exact) mass is 276 g/mol. The number of carbonyl (C=O) groups is 2. The molecule has 0 amide bonds. The Bertz CT molecular complexity index is 349. The van der Waals surface area contributed by atoms with Crippen LogP contribution in [0.2, 0.25) is 0 Å². The number of rotatable bonds is 4. The molecule has 0 bridgehead atoms. The van der Waals surface area contributed by atoms with Crippen molar-refractivity contribution in [1.29, 1.82) is 0 Å². The van der Waals surface area contributed by atoms with Crippen LogP contribution in [0, 0.1) is 23.7 Å². The van der Waals surface area contributed by atoms with Crippen LogP contribution in [0.5, 0.6) is 0 Å². The van der Waals surface area contributed by atoms with Crippen molar-refractivity contribution in [3.8, 4) is 0 Å². The molecule has 0 aromatic heterocycles. The fourth-order valence-corrected chi connectivity index (χ4v) is 3.00. The Labute approximate surface area is 110 Å². The zero-order valence-corrected chi connectivity index (χ0v) is 11.0. The van der Waals surface area contributed by atoms with E-state index in [0.717, 1.165) is 0 Å². The van der Waals surface area contributed by atoms with Crippen molar-refractivity contribution in [1.82, 2.24) is 0 Å². The van der Waals surface area contributed by atoms with Gasteiger partial charge in [0.1, 0.15) is 0 Å². The topological polar surface area (TPSA) is 52.6 Å². The van der Waals surface area contributed by atoms with Crippen LogP contribution < -0.4 is 0 Å². The molecule has 19 heavy (non-hydrogen) atoms. The van der Waals surface area contributed by atoms with Crippen LogP contribution in [0.3, 0.4) is 0 Å². The smallest absolute Gasteiger partial charge is 0.309 e. The zero-order chi connectivity index (χ0) is 14.2. The number of fused-ring (bicyclic) bond motifs is 1. The molecule has 0 heterocycles. The molecule has 2 fully saturated rings. The molecule has 2 aliphatic rings. The van der Waals surface area contributed by atoms with Crippen molar-refractivity contribution in [2.75, 3.05) is 13.2 Å². The molecule has 6 heteroatoms. The Morgan fingerprint density at radius 2 is 1.37 bits per heavy atom. The van der Waals surface area contributed by atoms with Gasteiger partial charge in [-0.25, -0.2) is 8.78 Å². The quantitative estimate of drug-likeness (QED) is 0.737. The van der Waals surface area contributed by atoms with Gasteiger partial charge in [0.05, 0.1) is 25.0 Å². The van der Waals surface area contributed by atoms with Crippen molar-refractivity contribution < 1.29 is 27.8 Å². The van der Waals surface area contributed by atoms with E-state index in [-0.39, 0.29) is 26.1 Å². The lowest BCUT2D eigenvalue weighted by Crippen LogP contribution is -2.35. The Hall–Kier alpha value is -1.20. The van der Waals surface area contributed by atoms with Gasteiger partial charge < -0.3 is 9.47 Å². The minimum Gasteiger partial charge on any atom is -0.466 e.